The molecule has 2 aliphatic heterocycles. The van der Waals surface area contributed by atoms with E-state index < -0.39 is 0 Å². The molecule has 0 unspecified atom stereocenters. The van der Waals surface area contributed by atoms with Crippen LogP contribution in [-0.2, 0) is 0 Å². The zero-order valence-corrected chi connectivity index (χ0v) is 23.1. The topological polar surface area (TPSA) is 80.4 Å². The van der Waals surface area contributed by atoms with Crippen molar-refractivity contribution in [3.8, 4) is 0 Å². The third-order valence-electron chi connectivity index (χ3n) is 7.23. The van der Waals surface area contributed by atoms with Gasteiger partial charge in [0.15, 0.2) is 0 Å². The van der Waals surface area contributed by atoms with E-state index in [0.717, 1.165) is 69.0 Å². The Morgan fingerprint density at radius 3 is 1.65 bits per heavy atom. The Balaban J connectivity index is 1.41. The first-order chi connectivity index (χ1) is 18.2. The summed E-state index contributed by atoms with van der Waals surface area (Å²) in [5.41, 5.74) is 8.07. The minimum Gasteiger partial charge on any atom is -0.368 e. The average Bonchev–Trinajstić information content (AvgIpc) is 3.73. The van der Waals surface area contributed by atoms with E-state index in [1.54, 1.807) is 0 Å². The average molecular weight is 616 g/mol. The molecule has 4 N–H and O–H groups in total. The van der Waals surface area contributed by atoms with Gasteiger partial charge in [-0.3, -0.25) is 9.98 Å². The maximum Gasteiger partial charge on any atom is 0.128 e. The molecule has 0 saturated carbocycles. The van der Waals surface area contributed by atoms with Crippen molar-refractivity contribution >= 4 is 65.3 Å². The van der Waals surface area contributed by atoms with E-state index >= 15 is 0 Å². The Bertz CT molecular complexity index is 1610. The molecule has 4 heterocycles. The number of fused-ring (bicyclic) bond motifs is 2. The van der Waals surface area contributed by atoms with Crippen LogP contribution in [-0.4, -0.2) is 47.8 Å². The van der Waals surface area contributed by atoms with Crippen LogP contribution in [0.3, 0.4) is 0 Å². The molecular weight excluding hydrogens is 592 g/mol. The van der Waals surface area contributed by atoms with Crippen LogP contribution >= 0.6 is 31.9 Å². The molecule has 7 rings (SSSR count). The van der Waals surface area contributed by atoms with E-state index in [0.29, 0.717) is 0 Å². The summed E-state index contributed by atoms with van der Waals surface area (Å²) in [5.74, 6) is 1.93. The highest BCUT2D eigenvalue weighted by Gasteiger charge is 2.27. The van der Waals surface area contributed by atoms with Crippen LogP contribution in [0, 0.1) is 0 Å². The highest BCUT2D eigenvalue weighted by atomic mass is 79.9. The van der Waals surface area contributed by atoms with Gasteiger partial charge in [0, 0.05) is 73.3 Å². The van der Waals surface area contributed by atoms with E-state index in [2.05, 4.69) is 129 Å². The molecule has 5 aromatic rings. The molecule has 0 spiro atoms. The molecule has 0 bridgehead atoms. The van der Waals surface area contributed by atoms with Crippen molar-refractivity contribution in [2.45, 2.75) is 5.92 Å². The predicted molar refractivity (Wildman–Crippen MR) is 158 cm³/mol. The molecule has 37 heavy (non-hydrogen) atoms. The predicted octanol–water partition coefficient (Wildman–Crippen LogP) is 6.05. The zero-order valence-electron chi connectivity index (χ0n) is 19.9. The first kappa shape index (κ1) is 22.8. The Labute approximate surface area is 230 Å². The summed E-state index contributed by atoms with van der Waals surface area (Å²) < 4.78 is 2.13. The number of amidine groups is 2. The van der Waals surface area contributed by atoms with Gasteiger partial charge in [-0.2, -0.15) is 0 Å². The van der Waals surface area contributed by atoms with Crippen LogP contribution in [0.1, 0.15) is 33.7 Å². The van der Waals surface area contributed by atoms with Crippen LogP contribution in [0.4, 0.5) is 0 Å². The van der Waals surface area contributed by atoms with Crippen molar-refractivity contribution in [1.82, 2.24) is 20.6 Å². The van der Waals surface area contributed by atoms with Crippen molar-refractivity contribution in [2.75, 3.05) is 26.2 Å². The molecule has 2 aromatic heterocycles. The fourth-order valence-electron chi connectivity index (χ4n) is 5.52. The lowest BCUT2D eigenvalue weighted by molar-refractivity contribution is 0.960. The number of hydrogen-bond donors (Lipinski definition) is 4. The minimum absolute atomic E-state index is 0.00644. The molecule has 184 valence electrons. The molecule has 0 saturated heterocycles. The first-order valence-corrected chi connectivity index (χ1v) is 14.0. The Kier molecular flexibility index (Phi) is 5.66. The SMILES string of the molecule is Brc1cccc(Br)c1C(c1c[nH]c2cc(C3=NCCN3)ccc12)c1c[nH]c2cc(C3=NCCN3)ccc12. The second-order valence-electron chi connectivity index (χ2n) is 9.39. The van der Waals surface area contributed by atoms with Gasteiger partial charge in [-0.1, -0.05) is 62.2 Å². The maximum atomic E-state index is 4.60. The standard InChI is InChI=1S/C29H24Br2N6/c30-22-2-1-3-23(31)27(22)26(20-14-36-24-12-16(4-6-18(20)24)28-32-8-9-33-28)21-15-37-25-13-17(5-7-19(21)25)29-34-10-11-35-29/h1-7,12-15,26,36-37H,8-11H2,(H,32,33)(H,34,35). The van der Waals surface area contributed by atoms with Gasteiger partial charge >= 0.3 is 0 Å². The highest BCUT2D eigenvalue weighted by molar-refractivity contribution is 9.11. The molecule has 6 nitrogen and oxygen atoms in total. The zero-order chi connectivity index (χ0) is 24.9. The van der Waals surface area contributed by atoms with Crippen LogP contribution in [0.5, 0.6) is 0 Å². The summed E-state index contributed by atoms with van der Waals surface area (Å²) in [6, 6.07) is 19.4. The molecule has 0 radical (unpaired) electrons. The second-order valence-corrected chi connectivity index (χ2v) is 11.1. The van der Waals surface area contributed by atoms with Crippen molar-refractivity contribution < 1.29 is 0 Å². The number of nitrogens with zero attached hydrogens (tertiary/aromatic N) is 2. The van der Waals surface area contributed by atoms with E-state index in [4.69, 9.17) is 0 Å². The number of aliphatic imine (C=N–C) groups is 2. The normalized spacial score (nSPS) is 15.3. The van der Waals surface area contributed by atoms with Gasteiger partial charge in [0.1, 0.15) is 11.7 Å². The number of nitrogens with one attached hydrogen (secondary N) is 4. The third kappa shape index (κ3) is 3.90. The molecule has 8 heteroatoms. The molecule has 0 fully saturated rings. The van der Waals surface area contributed by atoms with E-state index in [-0.39, 0.29) is 5.92 Å². The summed E-state index contributed by atoms with van der Waals surface area (Å²) in [6.45, 7) is 3.45. The van der Waals surface area contributed by atoms with E-state index in [9.17, 15) is 0 Å². The third-order valence-corrected chi connectivity index (χ3v) is 8.62. The summed E-state index contributed by atoms with van der Waals surface area (Å²) in [5, 5.41) is 9.16. The monoisotopic (exact) mass is 614 g/mol. The minimum atomic E-state index is -0.00644. The van der Waals surface area contributed by atoms with Crippen LogP contribution < -0.4 is 10.6 Å². The maximum absolute atomic E-state index is 4.60. The quantitative estimate of drug-likeness (QED) is 0.194. The molecule has 0 aliphatic carbocycles. The number of halogens is 2. The van der Waals surface area contributed by atoms with Gasteiger partial charge in [-0.05, 0) is 41.0 Å². The number of benzene rings is 3. The van der Waals surface area contributed by atoms with E-state index in [1.807, 2.05) is 0 Å². The number of rotatable bonds is 5. The molecule has 2 aliphatic rings. The van der Waals surface area contributed by atoms with Gasteiger partial charge in [0.2, 0.25) is 0 Å². The lowest BCUT2D eigenvalue weighted by Crippen LogP contribution is -2.19. The molecule has 3 aromatic carbocycles. The largest absolute Gasteiger partial charge is 0.368 e. The van der Waals surface area contributed by atoms with E-state index in [1.165, 1.54) is 27.5 Å². The van der Waals surface area contributed by atoms with Crippen molar-refractivity contribution in [2.24, 2.45) is 9.98 Å². The summed E-state index contributed by atoms with van der Waals surface area (Å²) in [7, 11) is 0. The Morgan fingerprint density at radius 2 is 1.19 bits per heavy atom. The van der Waals surface area contributed by atoms with Gasteiger partial charge in [-0.15, -0.1) is 0 Å². The Morgan fingerprint density at radius 1 is 0.676 bits per heavy atom. The molecular formula is C29H24Br2N6. The fourth-order valence-corrected chi connectivity index (χ4v) is 6.97. The fraction of sp³-hybridized carbons (Fsp3) is 0.172. The smallest absolute Gasteiger partial charge is 0.128 e. The second kappa shape index (κ2) is 9.19. The number of hydrogen-bond acceptors (Lipinski definition) is 4. The van der Waals surface area contributed by atoms with Gasteiger partial charge < -0.3 is 20.6 Å². The highest BCUT2D eigenvalue weighted by Crippen LogP contribution is 2.44. The van der Waals surface area contributed by atoms with Crippen LogP contribution in [0.25, 0.3) is 21.8 Å². The van der Waals surface area contributed by atoms with Gasteiger partial charge in [-0.25, -0.2) is 0 Å². The summed E-state index contributed by atoms with van der Waals surface area (Å²) >= 11 is 7.72. The Hall–Kier alpha value is -3.36. The molecule has 0 atom stereocenters. The van der Waals surface area contributed by atoms with Gasteiger partial charge in [0.05, 0.1) is 13.1 Å². The van der Waals surface area contributed by atoms with Crippen molar-refractivity contribution in [3.63, 3.8) is 0 Å². The summed E-state index contributed by atoms with van der Waals surface area (Å²) in [4.78, 5) is 16.3. The van der Waals surface area contributed by atoms with Crippen molar-refractivity contribution in [1.29, 1.82) is 0 Å². The first-order valence-electron chi connectivity index (χ1n) is 12.4. The number of aromatic nitrogens is 2. The lowest BCUT2D eigenvalue weighted by atomic mass is 9.84. The lowest BCUT2D eigenvalue weighted by Gasteiger charge is -2.20. The van der Waals surface area contributed by atoms with Gasteiger partial charge in [0.25, 0.3) is 0 Å². The number of aromatic amines is 2. The summed E-state index contributed by atoms with van der Waals surface area (Å²) in [6.07, 6.45) is 4.30. The van der Waals surface area contributed by atoms with Crippen LogP contribution in [0.2, 0.25) is 0 Å². The number of H-pyrrole nitrogens is 2. The molecule has 0 amide bonds. The van der Waals surface area contributed by atoms with Crippen molar-refractivity contribution in [3.05, 3.63) is 104 Å². The van der Waals surface area contributed by atoms with Crippen LogP contribution in [0.15, 0.2) is 85.9 Å².